The number of sulfonamides is 1. The number of nitrogens with one attached hydrogen (secondary N) is 1. The Labute approximate surface area is 183 Å². The van der Waals surface area contributed by atoms with Crippen LogP contribution < -0.4 is 11.1 Å². The molecular formula is C17H19Cl2N5O3S2. The fourth-order valence-corrected chi connectivity index (χ4v) is 5.05. The maximum absolute atomic E-state index is 12.5. The second kappa shape index (κ2) is 9.31. The van der Waals surface area contributed by atoms with Crippen LogP contribution in [0.5, 0.6) is 0 Å². The van der Waals surface area contributed by atoms with Gasteiger partial charge in [0.15, 0.2) is 0 Å². The lowest BCUT2D eigenvalue weighted by atomic mass is 10.3. The highest BCUT2D eigenvalue weighted by Gasteiger charge is 2.30. The van der Waals surface area contributed by atoms with E-state index in [4.69, 9.17) is 28.9 Å². The molecule has 1 amide bonds. The molecule has 0 bridgehead atoms. The number of hydrogen-bond donors (Lipinski definition) is 2. The number of rotatable bonds is 7. The summed E-state index contributed by atoms with van der Waals surface area (Å²) >= 11 is 13.2. The van der Waals surface area contributed by atoms with Crippen molar-refractivity contribution >= 4 is 68.1 Å². The van der Waals surface area contributed by atoms with Crippen LogP contribution in [0.1, 0.15) is 4.88 Å². The third kappa shape index (κ3) is 5.83. The van der Waals surface area contributed by atoms with Gasteiger partial charge >= 0.3 is 0 Å². The van der Waals surface area contributed by atoms with E-state index >= 15 is 0 Å². The molecule has 0 aliphatic carbocycles. The molecule has 1 aliphatic rings. The first-order chi connectivity index (χ1) is 13.7. The highest BCUT2D eigenvalue weighted by molar-refractivity contribution is 7.92. The summed E-state index contributed by atoms with van der Waals surface area (Å²) in [5.41, 5.74) is 6.27. The molecule has 0 unspecified atom stereocenters. The van der Waals surface area contributed by atoms with Crippen molar-refractivity contribution in [1.82, 2.24) is 14.2 Å². The average molecular weight is 476 g/mol. The molecule has 2 aromatic heterocycles. The monoisotopic (exact) mass is 475 g/mol. The van der Waals surface area contributed by atoms with E-state index in [2.05, 4.69) is 10.3 Å². The molecule has 1 fully saturated rings. The molecule has 0 spiro atoms. The maximum Gasteiger partial charge on any atom is 0.238 e. The van der Waals surface area contributed by atoms with E-state index in [9.17, 15) is 13.2 Å². The molecule has 8 nitrogen and oxygen atoms in total. The molecule has 3 rings (SSSR count). The van der Waals surface area contributed by atoms with Crippen molar-refractivity contribution in [3.05, 3.63) is 44.0 Å². The van der Waals surface area contributed by atoms with Crippen molar-refractivity contribution in [2.24, 2.45) is 0 Å². The Balaban J connectivity index is 1.52. The molecule has 1 aliphatic heterocycles. The average Bonchev–Trinajstić information content (AvgIpc) is 3.09. The van der Waals surface area contributed by atoms with Gasteiger partial charge in [-0.05, 0) is 18.2 Å². The molecule has 2 aromatic rings. The number of nitrogen functional groups attached to an aromatic ring is 1. The van der Waals surface area contributed by atoms with Crippen LogP contribution in [0.2, 0.25) is 9.36 Å². The third-order valence-corrected chi connectivity index (χ3v) is 7.22. The topological polar surface area (TPSA) is 109 Å². The molecule has 156 valence electrons. The summed E-state index contributed by atoms with van der Waals surface area (Å²) in [6, 6.07) is 5.04. The second-order valence-electron chi connectivity index (χ2n) is 6.22. The van der Waals surface area contributed by atoms with Gasteiger partial charge in [0.2, 0.25) is 15.9 Å². The maximum atomic E-state index is 12.5. The smallest absolute Gasteiger partial charge is 0.238 e. The number of carbonyl (C=O) groups is 1. The minimum Gasteiger partial charge on any atom is -0.384 e. The largest absolute Gasteiger partial charge is 0.384 e. The summed E-state index contributed by atoms with van der Waals surface area (Å²) in [6.07, 6.45) is 2.93. The summed E-state index contributed by atoms with van der Waals surface area (Å²) in [6.45, 7) is 1.20. The summed E-state index contributed by atoms with van der Waals surface area (Å²) in [5, 5.41) is 4.64. The summed E-state index contributed by atoms with van der Waals surface area (Å²) in [5.74, 6) is 0.0826. The number of aromatic nitrogens is 1. The van der Waals surface area contributed by atoms with Crippen LogP contribution in [-0.2, 0) is 14.8 Å². The zero-order valence-corrected chi connectivity index (χ0v) is 18.4. The molecule has 1 saturated heterocycles. The number of nitrogens with two attached hydrogens (primary N) is 1. The molecule has 0 aromatic carbocycles. The highest BCUT2D eigenvalue weighted by Crippen LogP contribution is 2.24. The van der Waals surface area contributed by atoms with Gasteiger partial charge in [0.1, 0.15) is 5.82 Å². The first kappa shape index (κ1) is 21.8. The normalized spacial score (nSPS) is 15.9. The fraction of sp³-hybridized carbons (Fsp3) is 0.294. The van der Waals surface area contributed by atoms with Crippen molar-refractivity contribution in [2.45, 2.75) is 0 Å². The molecule has 3 N–H and O–H groups in total. The number of pyridine rings is 1. The van der Waals surface area contributed by atoms with Gasteiger partial charge in [-0.2, -0.15) is 4.31 Å². The molecule has 0 saturated carbocycles. The van der Waals surface area contributed by atoms with Crippen molar-refractivity contribution < 1.29 is 13.2 Å². The van der Waals surface area contributed by atoms with Gasteiger partial charge in [0.25, 0.3) is 0 Å². The van der Waals surface area contributed by atoms with Crippen LogP contribution in [0.25, 0.3) is 6.08 Å². The van der Waals surface area contributed by atoms with Crippen LogP contribution in [0, 0.1) is 0 Å². The standard InChI is InChI=1S/C17H19Cl2N5O3S2/c18-13-10-22-16(20)9-14(13)21-4-5-23-6-7-24(11-17(23)25)29(26,27)8-3-12-1-2-15(19)28-12/h1-3,8-10H,4-7,11H2,(H3,20,21,22). The summed E-state index contributed by atoms with van der Waals surface area (Å²) in [7, 11) is -3.69. The predicted octanol–water partition coefficient (Wildman–Crippen LogP) is 2.59. The number of anilines is 2. The van der Waals surface area contributed by atoms with Gasteiger partial charge in [0.05, 0.1) is 21.6 Å². The zero-order chi connectivity index (χ0) is 21.0. The zero-order valence-electron chi connectivity index (χ0n) is 15.2. The summed E-state index contributed by atoms with van der Waals surface area (Å²) in [4.78, 5) is 18.6. The Hall–Kier alpha value is -1.85. The SMILES string of the molecule is Nc1cc(NCCN2CCN(S(=O)(=O)C=Cc3ccc(Cl)s3)CC2=O)c(Cl)cn1. The second-order valence-corrected chi connectivity index (χ2v) is 10.2. The van der Waals surface area contributed by atoms with E-state index in [1.165, 1.54) is 27.9 Å². The minimum atomic E-state index is -3.69. The Morgan fingerprint density at radius 1 is 1.31 bits per heavy atom. The van der Waals surface area contributed by atoms with E-state index in [0.29, 0.717) is 40.5 Å². The number of nitrogens with zero attached hydrogens (tertiary/aromatic N) is 3. The van der Waals surface area contributed by atoms with E-state index in [-0.39, 0.29) is 19.0 Å². The van der Waals surface area contributed by atoms with Crippen molar-refractivity contribution in [1.29, 1.82) is 0 Å². The van der Waals surface area contributed by atoms with Crippen LogP contribution in [0.15, 0.2) is 29.8 Å². The number of halogens is 2. The van der Waals surface area contributed by atoms with Crippen molar-refractivity contribution in [3.8, 4) is 0 Å². The highest BCUT2D eigenvalue weighted by atomic mass is 35.5. The molecular weight excluding hydrogens is 457 g/mol. The number of hydrogen-bond acceptors (Lipinski definition) is 7. The van der Waals surface area contributed by atoms with Crippen molar-refractivity contribution in [3.63, 3.8) is 0 Å². The van der Waals surface area contributed by atoms with Crippen LogP contribution in [0.3, 0.4) is 0 Å². The van der Waals surface area contributed by atoms with Crippen LogP contribution in [-0.4, -0.2) is 61.2 Å². The lowest BCUT2D eigenvalue weighted by Gasteiger charge is -2.33. The lowest BCUT2D eigenvalue weighted by molar-refractivity contribution is -0.133. The van der Waals surface area contributed by atoms with E-state index in [1.54, 1.807) is 23.1 Å². The number of amides is 1. The van der Waals surface area contributed by atoms with Gasteiger partial charge < -0.3 is 16.0 Å². The van der Waals surface area contributed by atoms with Crippen molar-refractivity contribution in [2.75, 3.05) is 43.8 Å². The lowest BCUT2D eigenvalue weighted by Crippen LogP contribution is -2.52. The fourth-order valence-electron chi connectivity index (χ4n) is 2.71. The number of thiophene rings is 1. The molecule has 12 heteroatoms. The van der Waals surface area contributed by atoms with Gasteiger partial charge in [0, 0.05) is 48.7 Å². The number of carbonyl (C=O) groups excluding carboxylic acids is 1. The van der Waals surface area contributed by atoms with Gasteiger partial charge in [-0.1, -0.05) is 23.2 Å². The molecule has 0 radical (unpaired) electrons. The number of piperazine rings is 1. The van der Waals surface area contributed by atoms with E-state index < -0.39 is 10.0 Å². The minimum absolute atomic E-state index is 0.194. The Bertz CT molecular complexity index is 1030. The first-order valence-electron chi connectivity index (χ1n) is 8.61. The summed E-state index contributed by atoms with van der Waals surface area (Å²) < 4.78 is 26.7. The van der Waals surface area contributed by atoms with E-state index in [1.807, 2.05) is 0 Å². The van der Waals surface area contributed by atoms with Gasteiger partial charge in [-0.25, -0.2) is 13.4 Å². The molecule has 0 atom stereocenters. The Morgan fingerprint density at radius 3 is 2.79 bits per heavy atom. The van der Waals surface area contributed by atoms with Gasteiger partial charge in [-0.15, -0.1) is 11.3 Å². The van der Waals surface area contributed by atoms with Gasteiger partial charge in [-0.3, -0.25) is 4.79 Å². The Kier molecular flexibility index (Phi) is 7.01. The third-order valence-electron chi connectivity index (χ3n) is 4.22. The Morgan fingerprint density at radius 2 is 2.10 bits per heavy atom. The van der Waals surface area contributed by atoms with Crippen LogP contribution in [0.4, 0.5) is 11.5 Å². The predicted molar refractivity (Wildman–Crippen MR) is 118 cm³/mol. The molecule has 3 heterocycles. The molecule has 29 heavy (non-hydrogen) atoms. The first-order valence-corrected chi connectivity index (χ1v) is 11.7. The quantitative estimate of drug-likeness (QED) is 0.636. The van der Waals surface area contributed by atoms with E-state index in [0.717, 1.165) is 10.3 Å². The van der Waals surface area contributed by atoms with Crippen LogP contribution >= 0.6 is 34.5 Å².